The van der Waals surface area contributed by atoms with E-state index in [2.05, 4.69) is 10.1 Å². The highest BCUT2D eigenvalue weighted by Crippen LogP contribution is 2.02. The number of alkyl halides is 1. The second-order valence-corrected chi connectivity index (χ2v) is 2.61. The zero-order valence-electron chi connectivity index (χ0n) is 6.79. The summed E-state index contributed by atoms with van der Waals surface area (Å²) in [6.45, 7) is 2.37. The molecule has 0 atom stereocenters. The molecule has 0 saturated heterocycles. The van der Waals surface area contributed by atoms with Crippen LogP contribution in [0.2, 0.25) is 0 Å². The van der Waals surface area contributed by atoms with Crippen molar-refractivity contribution in [1.82, 2.24) is 14.8 Å². The second kappa shape index (κ2) is 4.07. The largest absolute Gasteiger partial charge is 0.248 e. The first-order valence-corrected chi connectivity index (χ1v) is 4.14. The Hall–Kier alpha value is -1.08. The van der Waals surface area contributed by atoms with Crippen molar-refractivity contribution in [1.29, 1.82) is 5.26 Å². The van der Waals surface area contributed by atoms with Gasteiger partial charge in [-0.15, -0.1) is 11.6 Å². The minimum absolute atomic E-state index is 0.340. The number of halogens is 1. The van der Waals surface area contributed by atoms with Crippen LogP contribution < -0.4 is 0 Å². The summed E-state index contributed by atoms with van der Waals surface area (Å²) in [5.74, 6) is 1.76. The molecule has 0 aliphatic heterocycles. The van der Waals surface area contributed by atoms with Crippen LogP contribution in [0.25, 0.3) is 0 Å². The average molecular weight is 185 g/mol. The van der Waals surface area contributed by atoms with Crippen LogP contribution in [0.3, 0.4) is 0 Å². The first kappa shape index (κ1) is 9.01. The Kier molecular flexibility index (Phi) is 3.06. The minimum Gasteiger partial charge on any atom is -0.248 e. The van der Waals surface area contributed by atoms with Crippen molar-refractivity contribution in [2.24, 2.45) is 0 Å². The number of nitrogens with zero attached hydrogens (tertiary/aromatic N) is 4. The quantitative estimate of drug-likeness (QED) is 0.665. The fourth-order valence-corrected chi connectivity index (χ4v) is 1.13. The fraction of sp³-hybridized carbons (Fsp3) is 0.571. The summed E-state index contributed by atoms with van der Waals surface area (Å²) in [5.41, 5.74) is 0. The van der Waals surface area contributed by atoms with E-state index in [0.717, 1.165) is 5.82 Å². The number of hydrogen-bond donors (Lipinski definition) is 0. The van der Waals surface area contributed by atoms with Crippen LogP contribution in [0.5, 0.6) is 0 Å². The van der Waals surface area contributed by atoms with Crippen molar-refractivity contribution in [3.05, 3.63) is 11.6 Å². The molecule has 0 bridgehead atoms. The molecule has 0 fully saturated rings. The summed E-state index contributed by atoms with van der Waals surface area (Å²) in [6, 6.07) is 2.05. The van der Waals surface area contributed by atoms with E-state index in [1.54, 1.807) is 11.6 Å². The summed E-state index contributed by atoms with van der Waals surface area (Å²) in [5, 5.41) is 12.4. The molecule has 0 aromatic carbocycles. The van der Waals surface area contributed by atoms with Crippen molar-refractivity contribution in [3.63, 3.8) is 0 Å². The molecule has 1 aromatic heterocycles. The molecule has 12 heavy (non-hydrogen) atoms. The standard InChI is InChI=1S/C7H9ClN4/c1-6-10-7(5-8)12(11-6)4-2-3-9/h2,4-5H2,1H3. The molecular weight excluding hydrogens is 176 g/mol. The van der Waals surface area contributed by atoms with Crippen molar-refractivity contribution in [3.8, 4) is 6.07 Å². The van der Waals surface area contributed by atoms with Crippen LogP contribution in [0, 0.1) is 18.3 Å². The molecule has 1 rings (SSSR count). The third-order valence-electron chi connectivity index (χ3n) is 1.41. The summed E-state index contributed by atoms with van der Waals surface area (Å²) in [6.07, 6.45) is 0.437. The normalized spacial score (nSPS) is 9.75. The lowest BCUT2D eigenvalue weighted by Crippen LogP contribution is -2.03. The molecule has 0 spiro atoms. The Morgan fingerprint density at radius 1 is 1.67 bits per heavy atom. The van der Waals surface area contributed by atoms with Crippen LogP contribution in [0.4, 0.5) is 0 Å². The minimum atomic E-state index is 0.340. The summed E-state index contributed by atoms with van der Waals surface area (Å²) >= 11 is 5.62. The molecule has 1 heterocycles. The molecule has 0 N–H and O–H groups in total. The third kappa shape index (κ3) is 1.95. The van der Waals surface area contributed by atoms with Gasteiger partial charge in [-0.05, 0) is 6.92 Å². The van der Waals surface area contributed by atoms with Crippen molar-refractivity contribution >= 4 is 11.6 Å². The summed E-state index contributed by atoms with van der Waals surface area (Å²) in [4.78, 5) is 4.09. The molecule has 0 radical (unpaired) electrons. The van der Waals surface area contributed by atoms with E-state index in [4.69, 9.17) is 16.9 Å². The molecule has 4 nitrogen and oxygen atoms in total. The fourth-order valence-electron chi connectivity index (χ4n) is 0.933. The SMILES string of the molecule is Cc1nc(CCl)n(CCC#N)n1. The van der Waals surface area contributed by atoms with Gasteiger partial charge < -0.3 is 0 Å². The topological polar surface area (TPSA) is 54.5 Å². The third-order valence-corrected chi connectivity index (χ3v) is 1.65. The van der Waals surface area contributed by atoms with Gasteiger partial charge in [-0.3, -0.25) is 0 Å². The monoisotopic (exact) mass is 184 g/mol. The van der Waals surface area contributed by atoms with Gasteiger partial charge >= 0.3 is 0 Å². The van der Waals surface area contributed by atoms with Crippen molar-refractivity contribution < 1.29 is 0 Å². The van der Waals surface area contributed by atoms with Gasteiger partial charge in [0, 0.05) is 0 Å². The van der Waals surface area contributed by atoms with Gasteiger partial charge in [0.2, 0.25) is 0 Å². The Labute approximate surface area is 75.8 Å². The number of hydrogen-bond acceptors (Lipinski definition) is 3. The predicted octanol–water partition coefficient (Wildman–Crippen LogP) is 1.24. The van der Waals surface area contributed by atoms with Crippen LogP contribution in [0.15, 0.2) is 0 Å². The molecule has 0 unspecified atom stereocenters. The molecule has 64 valence electrons. The smallest absolute Gasteiger partial charge is 0.147 e. The molecular formula is C7H9ClN4. The molecule has 0 saturated carbocycles. The second-order valence-electron chi connectivity index (χ2n) is 2.34. The number of aromatic nitrogens is 3. The van der Waals surface area contributed by atoms with Crippen LogP contribution in [0.1, 0.15) is 18.1 Å². The van der Waals surface area contributed by atoms with E-state index in [1.165, 1.54) is 0 Å². The number of aryl methyl sites for hydroxylation is 2. The number of nitriles is 1. The summed E-state index contributed by atoms with van der Waals surface area (Å²) < 4.78 is 1.67. The van der Waals surface area contributed by atoms with E-state index in [0.29, 0.717) is 24.7 Å². The zero-order chi connectivity index (χ0) is 8.97. The maximum Gasteiger partial charge on any atom is 0.147 e. The Balaban J connectivity index is 2.76. The lowest BCUT2D eigenvalue weighted by Gasteiger charge is -1.97. The highest BCUT2D eigenvalue weighted by Gasteiger charge is 2.04. The van der Waals surface area contributed by atoms with Crippen molar-refractivity contribution in [2.75, 3.05) is 0 Å². The first-order chi connectivity index (χ1) is 5.77. The Morgan fingerprint density at radius 3 is 3.00 bits per heavy atom. The van der Waals surface area contributed by atoms with Gasteiger partial charge in [0.1, 0.15) is 11.6 Å². The lowest BCUT2D eigenvalue weighted by molar-refractivity contribution is 0.600. The van der Waals surface area contributed by atoms with E-state index < -0.39 is 0 Å². The van der Waals surface area contributed by atoms with E-state index in [9.17, 15) is 0 Å². The van der Waals surface area contributed by atoms with Gasteiger partial charge in [0.25, 0.3) is 0 Å². The maximum absolute atomic E-state index is 8.35. The van der Waals surface area contributed by atoms with Crippen LogP contribution >= 0.6 is 11.6 Å². The van der Waals surface area contributed by atoms with Crippen molar-refractivity contribution in [2.45, 2.75) is 25.8 Å². The average Bonchev–Trinajstić information content (AvgIpc) is 2.42. The molecule has 0 aliphatic rings. The molecule has 1 aromatic rings. The van der Waals surface area contributed by atoms with Gasteiger partial charge in [-0.25, -0.2) is 9.67 Å². The van der Waals surface area contributed by atoms with Gasteiger partial charge in [0.05, 0.1) is 24.9 Å². The van der Waals surface area contributed by atoms with Gasteiger partial charge in [-0.1, -0.05) is 0 Å². The Morgan fingerprint density at radius 2 is 2.42 bits per heavy atom. The highest BCUT2D eigenvalue weighted by atomic mass is 35.5. The molecule has 5 heteroatoms. The zero-order valence-corrected chi connectivity index (χ0v) is 7.54. The van der Waals surface area contributed by atoms with E-state index >= 15 is 0 Å². The Bertz CT molecular complexity index is 299. The summed E-state index contributed by atoms with van der Waals surface area (Å²) in [7, 11) is 0. The van der Waals surface area contributed by atoms with E-state index in [1.807, 2.05) is 6.07 Å². The predicted molar refractivity (Wildman–Crippen MR) is 44.5 cm³/mol. The van der Waals surface area contributed by atoms with Crippen LogP contribution in [-0.4, -0.2) is 14.8 Å². The van der Waals surface area contributed by atoms with Gasteiger partial charge in [-0.2, -0.15) is 10.4 Å². The molecule has 0 aliphatic carbocycles. The number of rotatable bonds is 3. The lowest BCUT2D eigenvalue weighted by atomic mass is 10.5. The highest BCUT2D eigenvalue weighted by molar-refractivity contribution is 6.16. The maximum atomic E-state index is 8.35. The first-order valence-electron chi connectivity index (χ1n) is 3.61. The van der Waals surface area contributed by atoms with Gasteiger partial charge in [0.15, 0.2) is 0 Å². The molecule has 0 amide bonds. The van der Waals surface area contributed by atoms with Crippen LogP contribution in [-0.2, 0) is 12.4 Å². The van der Waals surface area contributed by atoms with E-state index in [-0.39, 0.29) is 0 Å².